The number of furan rings is 1. The maximum absolute atomic E-state index is 12.3. The molecular formula is C18H19BrN4O2S. The number of carbonyl (C=O) groups excluding carboxylic acids is 1. The smallest absolute Gasteiger partial charge is 0.234 e. The van der Waals surface area contributed by atoms with Gasteiger partial charge >= 0.3 is 0 Å². The highest BCUT2D eigenvalue weighted by atomic mass is 79.9. The molecule has 2 heterocycles. The standard InChI is InChI=1S/C18H19BrN4O2S/c1-4-23-17(13-7-8-25-12(13)3)21-22-18(23)26-10-16(24)20-15-6-5-11(2)9-14(15)19/h5-9H,4,10H2,1-3H3,(H,20,24). The Morgan fingerprint density at radius 3 is 2.77 bits per heavy atom. The van der Waals surface area contributed by atoms with Crippen molar-refractivity contribution in [3.05, 3.63) is 46.3 Å². The van der Waals surface area contributed by atoms with Crippen molar-refractivity contribution in [3.8, 4) is 11.4 Å². The maximum atomic E-state index is 12.3. The Morgan fingerprint density at radius 1 is 1.31 bits per heavy atom. The van der Waals surface area contributed by atoms with Gasteiger partial charge in [0.1, 0.15) is 5.76 Å². The zero-order chi connectivity index (χ0) is 18.7. The second-order valence-electron chi connectivity index (χ2n) is 5.76. The Balaban J connectivity index is 1.69. The van der Waals surface area contributed by atoms with E-state index in [1.165, 1.54) is 11.8 Å². The minimum absolute atomic E-state index is 0.0914. The van der Waals surface area contributed by atoms with Crippen LogP contribution >= 0.6 is 27.7 Å². The summed E-state index contributed by atoms with van der Waals surface area (Å²) in [5.41, 5.74) is 2.80. The van der Waals surface area contributed by atoms with Gasteiger partial charge in [0.2, 0.25) is 5.91 Å². The Labute approximate surface area is 164 Å². The average molecular weight is 435 g/mol. The van der Waals surface area contributed by atoms with Crippen LogP contribution in [0.5, 0.6) is 0 Å². The molecule has 2 aromatic heterocycles. The molecule has 0 fully saturated rings. The number of thioether (sulfide) groups is 1. The fourth-order valence-corrected chi connectivity index (χ4v) is 3.93. The van der Waals surface area contributed by atoms with E-state index in [9.17, 15) is 4.79 Å². The fourth-order valence-electron chi connectivity index (χ4n) is 2.53. The van der Waals surface area contributed by atoms with Crippen LogP contribution in [0.25, 0.3) is 11.4 Å². The summed E-state index contributed by atoms with van der Waals surface area (Å²) in [6, 6.07) is 7.69. The quantitative estimate of drug-likeness (QED) is 0.570. The number of benzene rings is 1. The van der Waals surface area contributed by atoms with Crippen molar-refractivity contribution in [1.82, 2.24) is 14.8 Å². The van der Waals surface area contributed by atoms with Gasteiger partial charge in [0.25, 0.3) is 0 Å². The van der Waals surface area contributed by atoms with Gasteiger partial charge in [-0.3, -0.25) is 4.79 Å². The van der Waals surface area contributed by atoms with Crippen molar-refractivity contribution in [1.29, 1.82) is 0 Å². The van der Waals surface area contributed by atoms with Gasteiger partial charge in [0, 0.05) is 11.0 Å². The van der Waals surface area contributed by atoms with Crippen LogP contribution in [-0.4, -0.2) is 26.4 Å². The average Bonchev–Trinajstić information content (AvgIpc) is 3.20. The molecule has 3 aromatic rings. The van der Waals surface area contributed by atoms with E-state index < -0.39 is 0 Å². The summed E-state index contributed by atoms with van der Waals surface area (Å²) in [4.78, 5) is 12.3. The second kappa shape index (κ2) is 8.09. The largest absolute Gasteiger partial charge is 0.469 e. The molecule has 26 heavy (non-hydrogen) atoms. The molecule has 0 spiro atoms. The minimum Gasteiger partial charge on any atom is -0.469 e. The van der Waals surface area contributed by atoms with E-state index in [4.69, 9.17) is 4.42 Å². The van der Waals surface area contributed by atoms with Crippen molar-refractivity contribution in [3.63, 3.8) is 0 Å². The third kappa shape index (κ3) is 4.02. The van der Waals surface area contributed by atoms with E-state index in [-0.39, 0.29) is 11.7 Å². The lowest BCUT2D eigenvalue weighted by Crippen LogP contribution is -2.15. The molecule has 136 valence electrons. The highest BCUT2D eigenvalue weighted by Gasteiger charge is 2.17. The van der Waals surface area contributed by atoms with Gasteiger partial charge in [-0.25, -0.2) is 0 Å². The lowest BCUT2D eigenvalue weighted by Gasteiger charge is -2.09. The summed E-state index contributed by atoms with van der Waals surface area (Å²) >= 11 is 4.83. The molecule has 0 atom stereocenters. The SMILES string of the molecule is CCn1c(SCC(=O)Nc2ccc(C)cc2Br)nnc1-c1ccoc1C. The summed E-state index contributed by atoms with van der Waals surface area (Å²) in [6.07, 6.45) is 1.64. The van der Waals surface area contributed by atoms with E-state index in [0.717, 1.165) is 32.9 Å². The Morgan fingerprint density at radius 2 is 2.12 bits per heavy atom. The predicted octanol–water partition coefficient (Wildman–Crippen LogP) is 4.67. The topological polar surface area (TPSA) is 73.0 Å². The van der Waals surface area contributed by atoms with Gasteiger partial charge < -0.3 is 14.3 Å². The molecule has 0 saturated heterocycles. The Kier molecular flexibility index (Phi) is 5.83. The number of rotatable bonds is 6. The lowest BCUT2D eigenvalue weighted by molar-refractivity contribution is -0.113. The summed E-state index contributed by atoms with van der Waals surface area (Å²) in [6.45, 7) is 6.63. The first-order valence-corrected chi connectivity index (χ1v) is 9.94. The van der Waals surface area contributed by atoms with E-state index in [1.54, 1.807) is 6.26 Å². The first-order chi connectivity index (χ1) is 12.5. The summed E-state index contributed by atoms with van der Waals surface area (Å²) < 4.78 is 8.21. The number of nitrogens with zero attached hydrogens (tertiary/aromatic N) is 3. The number of hydrogen-bond acceptors (Lipinski definition) is 5. The number of amides is 1. The van der Waals surface area contributed by atoms with Crippen LogP contribution in [0.2, 0.25) is 0 Å². The number of aryl methyl sites for hydroxylation is 2. The number of anilines is 1. The van der Waals surface area contributed by atoms with Crippen LogP contribution < -0.4 is 5.32 Å². The lowest BCUT2D eigenvalue weighted by atomic mass is 10.2. The number of carbonyl (C=O) groups is 1. The zero-order valence-corrected chi connectivity index (χ0v) is 17.1. The normalized spacial score (nSPS) is 10.9. The van der Waals surface area contributed by atoms with E-state index in [1.807, 2.05) is 49.6 Å². The summed E-state index contributed by atoms with van der Waals surface area (Å²) in [7, 11) is 0. The van der Waals surface area contributed by atoms with E-state index in [0.29, 0.717) is 11.7 Å². The van der Waals surface area contributed by atoms with Crippen molar-refractivity contribution in [2.75, 3.05) is 11.1 Å². The maximum Gasteiger partial charge on any atom is 0.234 e. The molecule has 0 radical (unpaired) electrons. The van der Waals surface area contributed by atoms with Crippen molar-refractivity contribution in [2.24, 2.45) is 0 Å². The van der Waals surface area contributed by atoms with E-state index >= 15 is 0 Å². The Bertz CT molecular complexity index is 935. The molecule has 0 aliphatic rings. The number of nitrogens with one attached hydrogen (secondary N) is 1. The number of aromatic nitrogens is 3. The molecule has 0 aliphatic carbocycles. The first kappa shape index (κ1) is 18.7. The predicted molar refractivity (Wildman–Crippen MR) is 106 cm³/mol. The van der Waals surface area contributed by atoms with Crippen LogP contribution in [0.3, 0.4) is 0 Å². The first-order valence-electron chi connectivity index (χ1n) is 8.16. The molecule has 1 aromatic carbocycles. The molecule has 3 rings (SSSR count). The van der Waals surface area contributed by atoms with Crippen LogP contribution in [0, 0.1) is 13.8 Å². The minimum atomic E-state index is -0.0914. The van der Waals surface area contributed by atoms with Crippen molar-refractivity contribution in [2.45, 2.75) is 32.5 Å². The third-order valence-electron chi connectivity index (χ3n) is 3.86. The molecular weight excluding hydrogens is 416 g/mol. The fraction of sp³-hybridized carbons (Fsp3) is 0.278. The molecule has 8 heteroatoms. The van der Waals surface area contributed by atoms with Gasteiger partial charge in [-0.05, 0) is 60.5 Å². The molecule has 1 N–H and O–H groups in total. The highest BCUT2D eigenvalue weighted by molar-refractivity contribution is 9.10. The summed E-state index contributed by atoms with van der Waals surface area (Å²) in [5.74, 6) is 1.71. The van der Waals surface area contributed by atoms with Gasteiger partial charge in [-0.15, -0.1) is 10.2 Å². The van der Waals surface area contributed by atoms with Gasteiger partial charge in [-0.2, -0.15) is 0 Å². The third-order valence-corrected chi connectivity index (χ3v) is 5.49. The van der Waals surface area contributed by atoms with Crippen LogP contribution in [0.15, 0.2) is 44.6 Å². The monoisotopic (exact) mass is 434 g/mol. The highest BCUT2D eigenvalue weighted by Crippen LogP contribution is 2.27. The van der Waals surface area contributed by atoms with Crippen LogP contribution in [-0.2, 0) is 11.3 Å². The molecule has 0 saturated carbocycles. The van der Waals surface area contributed by atoms with Gasteiger partial charge in [0.15, 0.2) is 11.0 Å². The van der Waals surface area contributed by atoms with Crippen LogP contribution in [0.1, 0.15) is 18.2 Å². The number of halogens is 1. The van der Waals surface area contributed by atoms with Crippen molar-refractivity contribution >= 4 is 39.3 Å². The molecule has 0 bridgehead atoms. The second-order valence-corrected chi connectivity index (χ2v) is 7.56. The molecule has 6 nitrogen and oxygen atoms in total. The molecule has 0 aliphatic heterocycles. The number of hydrogen-bond donors (Lipinski definition) is 1. The van der Waals surface area contributed by atoms with E-state index in [2.05, 4.69) is 31.4 Å². The zero-order valence-electron chi connectivity index (χ0n) is 14.7. The molecule has 0 unspecified atom stereocenters. The Hall–Kier alpha value is -2.06. The summed E-state index contributed by atoms with van der Waals surface area (Å²) in [5, 5.41) is 12.1. The van der Waals surface area contributed by atoms with Gasteiger partial charge in [-0.1, -0.05) is 17.8 Å². The molecule has 1 amide bonds. The van der Waals surface area contributed by atoms with Crippen LogP contribution in [0.4, 0.5) is 5.69 Å². The van der Waals surface area contributed by atoms with Gasteiger partial charge in [0.05, 0.1) is 23.3 Å². The van der Waals surface area contributed by atoms with Crippen molar-refractivity contribution < 1.29 is 9.21 Å².